The molecule has 11 heteroatoms. The number of phenols is 1. The summed E-state index contributed by atoms with van der Waals surface area (Å²) in [5, 5.41) is 25.8. The highest BCUT2D eigenvalue weighted by Gasteiger charge is 2.29. The SMILES string of the molecule is CCN(CC)c1ccc(/C=N/Nc2ccc(S(=O)(=O)N3CCCC3)cc2[N+](=O)[O-])c(O)c1. The number of hydrogen-bond acceptors (Lipinski definition) is 8. The van der Waals surface area contributed by atoms with Crippen LogP contribution < -0.4 is 10.3 Å². The molecular weight excluding hydrogens is 434 g/mol. The lowest BCUT2D eigenvalue weighted by atomic mass is 10.2. The first-order valence-electron chi connectivity index (χ1n) is 10.4. The van der Waals surface area contributed by atoms with Gasteiger partial charge in [0.2, 0.25) is 10.0 Å². The summed E-state index contributed by atoms with van der Waals surface area (Å²) in [5.74, 6) is 0.0292. The number of nitro benzene ring substituents is 1. The summed E-state index contributed by atoms with van der Waals surface area (Å²) in [6, 6.07) is 8.89. The molecule has 1 fully saturated rings. The lowest BCUT2D eigenvalue weighted by molar-refractivity contribution is -0.384. The number of rotatable bonds is 9. The first kappa shape index (κ1) is 23.5. The smallest absolute Gasteiger partial charge is 0.295 e. The Morgan fingerprint density at radius 1 is 1.19 bits per heavy atom. The number of aromatic hydroxyl groups is 1. The zero-order valence-corrected chi connectivity index (χ0v) is 18.9. The minimum atomic E-state index is -3.77. The van der Waals surface area contributed by atoms with Gasteiger partial charge in [-0.3, -0.25) is 15.5 Å². The van der Waals surface area contributed by atoms with Crippen LogP contribution in [0.2, 0.25) is 0 Å². The lowest BCUT2D eigenvalue weighted by Crippen LogP contribution is -2.27. The van der Waals surface area contributed by atoms with E-state index in [-0.39, 0.29) is 16.3 Å². The van der Waals surface area contributed by atoms with Crippen molar-refractivity contribution in [2.75, 3.05) is 36.5 Å². The van der Waals surface area contributed by atoms with Crippen molar-refractivity contribution in [2.24, 2.45) is 5.10 Å². The summed E-state index contributed by atoms with van der Waals surface area (Å²) >= 11 is 0. The van der Waals surface area contributed by atoms with E-state index in [2.05, 4.69) is 15.4 Å². The molecule has 0 bridgehead atoms. The predicted octanol–water partition coefficient (Wildman–Crippen LogP) is 3.38. The first-order valence-corrected chi connectivity index (χ1v) is 11.9. The number of hydrazone groups is 1. The summed E-state index contributed by atoms with van der Waals surface area (Å²) in [4.78, 5) is 12.8. The normalized spacial score (nSPS) is 14.7. The molecule has 0 atom stereocenters. The van der Waals surface area contributed by atoms with Gasteiger partial charge < -0.3 is 10.0 Å². The number of anilines is 2. The molecule has 0 aromatic heterocycles. The Kier molecular flexibility index (Phi) is 7.31. The van der Waals surface area contributed by atoms with Crippen molar-refractivity contribution in [2.45, 2.75) is 31.6 Å². The maximum absolute atomic E-state index is 12.7. The van der Waals surface area contributed by atoms with Crippen LogP contribution in [0.25, 0.3) is 0 Å². The van der Waals surface area contributed by atoms with Crippen molar-refractivity contribution in [1.82, 2.24) is 4.31 Å². The van der Waals surface area contributed by atoms with E-state index in [4.69, 9.17) is 0 Å². The van der Waals surface area contributed by atoms with Gasteiger partial charge in [-0.15, -0.1) is 0 Å². The largest absolute Gasteiger partial charge is 0.507 e. The molecule has 0 amide bonds. The fourth-order valence-electron chi connectivity index (χ4n) is 3.59. The molecule has 32 heavy (non-hydrogen) atoms. The third kappa shape index (κ3) is 5.00. The van der Waals surface area contributed by atoms with Crippen LogP contribution in [0.1, 0.15) is 32.3 Å². The molecule has 0 unspecified atom stereocenters. The molecule has 0 saturated carbocycles. The highest BCUT2D eigenvalue weighted by molar-refractivity contribution is 7.89. The van der Waals surface area contributed by atoms with Gasteiger partial charge in [0.05, 0.1) is 16.0 Å². The molecule has 172 valence electrons. The van der Waals surface area contributed by atoms with E-state index in [9.17, 15) is 23.6 Å². The second kappa shape index (κ2) is 9.96. The van der Waals surface area contributed by atoms with Crippen LogP contribution in [-0.2, 0) is 10.0 Å². The summed E-state index contributed by atoms with van der Waals surface area (Å²) in [6.07, 6.45) is 2.90. The van der Waals surface area contributed by atoms with Crippen LogP contribution in [-0.4, -0.2) is 55.1 Å². The second-order valence-corrected chi connectivity index (χ2v) is 9.27. The third-order valence-corrected chi connectivity index (χ3v) is 7.29. The molecule has 1 aliphatic heterocycles. The molecule has 1 saturated heterocycles. The van der Waals surface area contributed by atoms with Crippen LogP contribution in [0.15, 0.2) is 46.4 Å². The molecule has 2 aromatic rings. The summed E-state index contributed by atoms with van der Waals surface area (Å²) in [6.45, 7) is 6.48. The minimum absolute atomic E-state index is 0.0292. The van der Waals surface area contributed by atoms with Crippen molar-refractivity contribution in [3.63, 3.8) is 0 Å². The molecule has 1 aliphatic rings. The number of nitrogens with zero attached hydrogens (tertiary/aromatic N) is 4. The van der Waals surface area contributed by atoms with Crippen LogP contribution in [0, 0.1) is 10.1 Å². The zero-order valence-electron chi connectivity index (χ0n) is 18.1. The molecular formula is C21H27N5O5S. The standard InChI is InChI=1S/C21H27N5O5S/c1-3-24(4-2)17-8-7-16(21(27)13-17)15-22-23-19-10-9-18(14-20(19)26(28)29)32(30,31)25-11-5-6-12-25/h7-10,13-15,23,27H,3-6,11-12H2,1-2H3/b22-15+. The third-order valence-electron chi connectivity index (χ3n) is 5.40. The maximum Gasteiger partial charge on any atom is 0.295 e. The lowest BCUT2D eigenvalue weighted by Gasteiger charge is -2.21. The van der Waals surface area contributed by atoms with Gasteiger partial charge in [-0.1, -0.05) is 0 Å². The average molecular weight is 462 g/mol. The van der Waals surface area contributed by atoms with Gasteiger partial charge in [0.25, 0.3) is 5.69 Å². The van der Waals surface area contributed by atoms with Crippen LogP contribution >= 0.6 is 0 Å². The molecule has 2 aromatic carbocycles. The topological polar surface area (TPSA) is 128 Å². The van der Waals surface area contributed by atoms with E-state index in [0.717, 1.165) is 37.7 Å². The number of hydrogen-bond donors (Lipinski definition) is 2. The fourth-order valence-corrected chi connectivity index (χ4v) is 5.13. The van der Waals surface area contributed by atoms with Gasteiger partial charge in [-0.25, -0.2) is 8.42 Å². The molecule has 1 heterocycles. The summed E-state index contributed by atoms with van der Waals surface area (Å²) < 4.78 is 26.7. The molecule has 3 rings (SSSR count). The van der Waals surface area contributed by atoms with E-state index in [1.54, 1.807) is 12.1 Å². The summed E-state index contributed by atoms with van der Waals surface area (Å²) in [7, 11) is -3.77. The number of nitro groups is 1. The molecule has 10 nitrogen and oxygen atoms in total. The van der Waals surface area contributed by atoms with Gasteiger partial charge in [0.15, 0.2) is 0 Å². The molecule has 0 aliphatic carbocycles. The monoisotopic (exact) mass is 461 g/mol. The maximum atomic E-state index is 12.7. The van der Waals surface area contributed by atoms with E-state index < -0.39 is 20.6 Å². The van der Waals surface area contributed by atoms with Crippen molar-refractivity contribution in [3.8, 4) is 5.75 Å². The number of phenolic OH excluding ortho intramolecular Hbond substituents is 1. The fraction of sp³-hybridized carbons (Fsp3) is 0.381. The van der Waals surface area contributed by atoms with Crippen molar-refractivity contribution < 1.29 is 18.4 Å². The van der Waals surface area contributed by atoms with Gasteiger partial charge in [-0.05, 0) is 51.0 Å². The number of benzene rings is 2. The minimum Gasteiger partial charge on any atom is -0.507 e. The Morgan fingerprint density at radius 2 is 1.88 bits per heavy atom. The van der Waals surface area contributed by atoms with E-state index in [1.807, 2.05) is 19.9 Å². The van der Waals surface area contributed by atoms with Crippen LogP contribution in [0.3, 0.4) is 0 Å². The van der Waals surface area contributed by atoms with Gasteiger partial charge in [0, 0.05) is 49.6 Å². The molecule has 0 spiro atoms. The number of sulfonamides is 1. The first-order chi connectivity index (χ1) is 15.3. The second-order valence-electron chi connectivity index (χ2n) is 7.33. The van der Waals surface area contributed by atoms with Gasteiger partial charge in [-0.2, -0.15) is 9.41 Å². The Labute approximate surface area is 187 Å². The predicted molar refractivity (Wildman–Crippen MR) is 124 cm³/mol. The Hall–Kier alpha value is -3.18. The quantitative estimate of drug-likeness (QED) is 0.333. The van der Waals surface area contributed by atoms with E-state index in [0.29, 0.717) is 18.7 Å². The Balaban J connectivity index is 1.80. The van der Waals surface area contributed by atoms with E-state index >= 15 is 0 Å². The van der Waals surface area contributed by atoms with Gasteiger partial charge >= 0.3 is 0 Å². The van der Waals surface area contributed by atoms with E-state index in [1.165, 1.54) is 22.7 Å². The Bertz CT molecular complexity index is 1110. The highest BCUT2D eigenvalue weighted by Crippen LogP contribution is 2.30. The van der Waals surface area contributed by atoms with Crippen LogP contribution in [0.5, 0.6) is 5.75 Å². The zero-order chi connectivity index (χ0) is 23.3. The van der Waals surface area contributed by atoms with Crippen molar-refractivity contribution in [1.29, 1.82) is 0 Å². The summed E-state index contributed by atoms with van der Waals surface area (Å²) in [5.41, 5.74) is 3.54. The van der Waals surface area contributed by atoms with Crippen molar-refractivity contribution >= 4 is 33.3 Å². The average Bonchev–Trinajstić information content (AvgIpc) is 3.32. The number of nitrogens with one attached hydrogen (secondary N) is 1. The van der Waals surface area contributed by atoms with Crippen LogP contribution in [0.4, 0.5) is 17.1 Å². The van der Waals surface area contributed by atoms with Crippen molar-refractivity contribution in [3.05, 3.63) is 52.1 Å². The van der Waals surface area contributed by atoms with Gasteiger partial charge in [0.1, 0.15) is 11.4 Å². The molecule has 2 N–H and O–H groups in total. The molecule has 0 radical (unpaired) electrons. The highest BCUT2D eigenvalue weighted by atomic mass is 32.2. The Morgan fingerprint density at radius 3 is 2.47 bits per heavy atom.